The maximum atomic E-state index is 13.3. The molecule has 10 heteroatoms. The normalized spacial score (nSPS) is 22.0. The summed E-state index contributed by atoms with van der Waals surface area (Å²) in [5, 5.41) is 0. The highest BCUT2D eigenvalue weighted by Gasteiger charge is 2.46. The third-order valence-corrected chi connectivity index (χ3v) is 5.46. The first-order valence-electron chi connectivity index (χ1n) is 10.1. The number of rotatable bonds is 2. The Hall–Kier alpha value is -2.52. The first kappa shape index (κ1) is 20.7. The van der Waals surface area contributed by atoms with Crippen molar-refractivity contribution in [3.63, 3.8) is 0 Å². The molecule has 0 N–H and O–H groups in total. The van der Waals surface area contributed by atoms with Crippen molar-refractivity contribution in [3.05, 3.63) is 17.8 Å². The van der Waals surface area contributed by atoms with Crippen molar-refractivity contribution in [3.8, 4) is 0 Å². The zero-order valence-corrected chi connectivity index (χ0v) is 17.2. The molecular weight excluding hydrogens is 401 g/mol. The fourth-order valence-electron chi connectivity index (χ4n) is 3.81. The lowest BCUT2D eigenvalue weighted by Gasteiger charge is -2.47. The van der Waals surface area contributed by atoms with Gasteiger partial charge in [0.25, 0.3) is 5.91 Å². The molecule has 4 rings (SSSR count). The molecule has 30 heavy (non-hydrogen) atoms. The van der Waals surface area contributed by atoms with Crippen molar-refractivity contribution in [2.45, 2.75) is 51.4 Å². The van der Waals surface area contributed by atoms with Gasteiger partial charge in [0, 0.05) is 25.8 Å². The Labute approximate surface area is 172 Å². The molecule has 1 aromatic heterocycles. The highest BCUT2D eigenvalue weighted by atomic mass is 19.4. The molecular formula is C20H25F3N4O3. The van der Waals surface area contributed by atoms with Crippen LogP contribution in [0.4, 0.5) is 29.5 Å². The van der Waals surface area contributed by atoms with Crippen LogP contribution < -0.4 is 9.80 Å². The van der Waals surface area contributed by atoms with Gasteiger partial charge in [-0.05, 0) is 45.6 Å². The Balaban J connectivity index is 1.65. The Bertz CT molecular complexity index is 864. The first-order chi connectivity index (χ1) is 13.9. The van der Waals surface area contributed by atoms with Crippen LogP contribution in [0.15, 0.2) is 12.3 Å². The van der Waals surface area contributed by atoms with E-state index in [9.17, 15) is 22.8 Å². The third kappa shape index (κ3) is 4.04. The van der Waals surface area contributed by atoms with Crippen molar-refractivity contribution in [2.75, 3.05) is 36.0 Å². The standard InChI is InChI=1S/C20H25F3N4O3/c1-19(2,3)30-18(29)25-6-7-26-15(11-25)17(28)27(10-12-4-5-12)14-8-13(20(21,22)23)9-24-16(14)26/h8-9,12,15H,4-7,10-11H2,1-3H3/t15-/m1/s1. The largest absolute Gasteiger partial charge is 0.444 e. The van der Waals surface area contributed by atoms with Crippen molar-refractivity contribution in [2.24, 2.45) is 5.92 Å². The van der Waals surface area contributed by atoms with E-state index in [0.29, 0.717) is 18.9 Å². The number of amides is 2. The fourth-order valence-corrected chi connectivity index (χ4v) is 3.81. The Morgan fingerprint density at radius 3 is 2.53 bits per heavy atom. The smallest absolute Gasteiger partial charge is 0.417 e. The number of carbonyl (C=O) groups excluding carboxylic acids is 2. The van der Waals surface area contributed by atoms with Crippen molar-refractivity contribution >= 4 is 23.5 Å². The lowest BCUT2D eigenvalue weighted by molar-refractivity contribution is -0.138. The zero-order valence-electron chi connectivity index (χ0n) is 17.2. The van der Waals surface area contributed by atoms with Crippen LogP contribution in [0.1, 0.15) is 39.2 Å². The summed E-state index contributed by atoms with van der Waals surface area (Å²) < 4.78 is 45.2. The Morgan fingerprint density at radius 1 is 1.23 bits per heavy atom. The van der Waals surface area contributed by atoms with Crippen molar-refractivity contribution in [1.29, 1.82) is 0 Å². The van der Waals surface area contributed by atoms with Crippen LogP contribution >= 0.6 is 0 Å². The summed E-state index contributed by atoms with van der Waals surface area (Å²) in [7, 11) is 0. The molecule has 164 valence electrons. The topological polar surface area (TPSA) is 66.0 Å². The van der Waals surface area contributed by atoms with Crippen LogP contribution in [0.3, 0.4) is 0 Å². The second-order valence-corrected chi connectivity index (χ2v) is 9.09. The summed E-state index contributed by atoms with van der Waals surface area (Å²) in [6.45, 7) is 6.36. The second-order valence-electron chi connectivity index (χ2n) is 9.09. The number of aromatic nitrogens is 1. The predicted octanol–water partition coefficient (Wildman–Crippen LogP) is 3.28. The van der Waals surface area contributed by atoms with Gasteiger partial charge in [0.05, 0.1) is 17.8 Å². The number of fused-ring (bicyclic) bond motifs is 3. The molecule has 1 aromatic rings. The minimum absolute atomic E-state index is 0.108. The number of nitrogens with zero attached hydrogens (tertiary/aromatic N) is 4. The quantitative estimate of drug-likeness (QED) is 0.726. The number of alkyl halides is 3. The number of ether oxygens (including phenoxy) is 1. The summed E-state index contributed by atoms with van der Waals surface area (Å²) in [5.41, 5.74) is -1.34. The molecule has 1 atom stereocenters. The van der Waals surface area contributed by atoms with E-state index >= 15 is 0 Å². The fraction of sp³-hybridized carbons (Fsp3) is 0.650. The van der Waals surface area contributed by atoms with E-state index in [4.69, 9.17) is 4.74 Å². The van der Waals surface area contributed by atoms with Crippen LogP contribution in [-0.4, -0.2) is 59.7 Å². The monoisotopic (exact) mass is 426 g/mol. The number of hydrogen-bond acceptors (Lipinski definition) is 5. The molecule has 1 saturated heterocycles. The van der Waals surface area contributed by atoms with Crippen LogP contribution in [0.2, 0.25) is 0 Å². The van der Waals surface area contributed by atoms with Crippen molar-refractivity contribution in [1.82, 2.24) is 9.88 Å². The van der Waals surface area contributed by atoms with Gasteiger partial charge in [-0.25, -0.2) is 9.78 Å². The van der Waals surface area contributed by atoms with Crippen LogP contribution in [0, 0.1) is 5.92 Å². The number of halogens is 3. The van der Waals surface area contributed by atoms with E-state index in [-0.39, 0.29) is 30.6 Å². The van der Waals surface area contributed by atoms with Gasteiger partial charge in [-0.3, -0.25) is 4.79 Å². The SMILES string of the molecule is CC(C)(C)OC(=O)N1CCN2c3ncc(C(F)(F)F)cc3N(CC3CC3)C(=O)[C@H]2C1. The first-order valence-corrected chi connectivity index (χ1v) is 10.1. The predicted molar refractivity (Wildman–Crippen MR) is 103 cm³/mol. The molecule has 1 saturated carbocycles. The number of pyridine rings is 1. The lowest BCUT2D eigenvalue weighted by Crippen LogP contribution is -2.64. The second kappa shape index (κ2) is 7.02. The summed E-state index contributed by atoms with van der Waals surface area (Å²) >= 11 is 0. The van der Waals surface area contributed by atoms with Crippen LogP contribution in [-0.2, 0) is 15.7 Å². The maximum absolute atomic E-state index is 13.3. The summed E-state index contributed by atoms with van der Waals surface area (Å²) in [4.78, 5) is 34.5. The number of anilines is 2. The molecule has 2 fully saturated rings. The average molecular weight is 426 g/mol. The Kier molecular flexibility index (Phi) is 4.85. The molecule has 0 spiro atoms. The number of piperazine rings is 1. The summed E-state index contributed by atoms with van der Waals surface area (Å²) in [6.07, 6.45) is -2.34. The van der Waals surface area contributed by atoms with Crippen LogP contribution in [0.5, 0.6) is 0 Å². The number of hydrogen-bond donors (Lipinski definition) is 0. The van der Waals surface area contributed by atoms with Gasteiger partial charge in [-0.1, -0.05) is 0 Å². The molecule has 0 bridgehead atoms. The maximum Gasteiger partial charge on any atom is 0.417 e. The van der Waals surface area contributed by atoms with Crippen molar-refractivity contribution < 1.29 is 27.5 Å². The number of carbonyl (C=O) groups is 2. The third-order valence-electron chi connectivity index (χ3n) is 5.46. The minimum atomic E-state index is -4.54. The van der Waals surface area contributed by atoms with E-state index < -0.39 is 29.5 Å². The van der Waals surface area contributed by atoms with Gasteiger partial charge >= 0.3 is 12.3 Å². The average Bonchev–Trinajstić information content (AvgIpc) is 3.46. The molecule has 2 aliphatic heterocycles. The molecule has 0 radical (unpaired) electrons. The highest BCUT2D eigenvalue weighted by Crippen LogP contribution is 2.42. The van der Waals surface area contributed by atoms with Gasteiger partial charge < -0.3 is 19.4 Å². The molecule has 2 amide bonds. The summed E-state index contributed by atoms with van der Waals surface area (Å²) in [5.74, 6) is 0.342. The molecule has 1 aliphatic carbocycles. The van der Waals surface area contributed by atoms with Gasteiger partial charge in [0.1, 0.15) is 11.6 Å². The molecule has 0 aromatic carbocycles. The van der Waals surface area contributed by atoms with Gasteiger partial charge in [-0.2, -0.15) is 13.2 Å². The summed E-state index contributed by atoms with van der Waals surface area (Å²) in [6, 6.07) is 0.320. The minimum Gasteiger partial charge on any atom is -0.444 e. The Morgan fingerprint density at radius 2 is 1.93 bits per heavy atom. The van der Waals surface area contributed by atoms with E-state index in [1.807, 2.05) is 0 Å². The molecule has 3 aliphatic rings. The highest BCUT2D eigenvalue weighted by molar-refractivity contribution is 6.05. The van der Waals surface area contributed by atoms with Gasteiger partial charge in [0.2, 0.25) is 0 Å². The van der Waals surface area contributed by atoms with Gasteiger partial charge in [0.15, 0.2) is 5.82 Å². The zero-order chi connectivity index (χ0) is 21.8. The van der Waals surface area contributed by atoms with E-state index in [1.54, 1.807) is 25.7 Å². The lowest BCUT2D eigenvalue weighted by atomic mass is 10.0. The molecule has 3 heterocycles. The van der Waals surface area contributed by atoms with E-state index in [2.05, 4.69) is 4.98 Å². The van der Waals surface area contributed by atoms with E-state index in [0.717, 1.165) is 25.1 Å². The molecule has 0 unspecified atom stereocenters. The van der Waals surface area contributed by atoms with Crippen LogP contribution in [0.25, 0.3) is 0 Å². The van der Waals surface area contributed by atoms with Gasteiger partial charge in [-0.15, -0.1) is 0 Å². The molecule has 7 nitrogen and oxygen atoms in total. The van der Waals surface area contributed by atoms with E-state index in [1.165, 1.54) is 9.80 Å².